The average molecular weight is 239 g/mol. The van der Waals surface area contributed by atoms with Gasteiger partial charge in [0.25, 0.3) is 6.43 Å². The molecule has 0 bridgehead atoms. The smallest absolute Gasteiger partial charge is 0.255 e. The van der Waals surface area contributed by atoms with Crippen molar-refractivity contribution in [1.82, 2.24) is 4.90 Å². The van der Waals surface area contributed by atoms with Gasteiger partial charge in [0.1, 0.15) is 0 Å². The summed E-state index contributed by atoms with van der Waals surface area (Å²) in [5.74, 6) is -0.377. The average Bonchev–Trinajstić information content (AvgIpc) is 2.24. The molecule has 0 spiro atoms. The van der Waals surface area contributed by atoms with E-state index in [-0.39, 0.29) is 31.6 Å². The summed E-state index contributed by atoms with van der Waals surface area (Å²) >= 11 is 0. The van der Waals surface area contributed by atoms with Crippen LogP contribution in [0.1, 0.15) is 19.8 Å². The van der Waals surface area contributed by atoms with E-state index in [9.17, 15) is 13.6 Å². The minimum atomic E-state index is -2.57. The van der Waals surface area contributed by atoms with Crippen LogP contribution >= 0.6 is 0 Å². The first kappa shape index (κ1) is 15.2. The number of aliphatic hydroxyl groups is 1. The lowest BCUT2D eigenvalue weighted by Crippen LogP contribution is -2.37. The minimum Gasteiger partial charge on any atom is -0.395 e. The monoisotopic (exact) mass is 239 g/mol. The zero-order valence-electron chi connectivity index (χ0n) is 9.66. The van der Waals surface area contributed by atoms with Crippen molar-refractivity contribution in [3.05, 3.63) is 0 Å². The van der Waals surface area contributed by atoms with Gasteiger partial charge in [-0.25, -0.2) is 8.78 Å². The fourth-order valence-corrected chi connectivity index (χ4v) is 1.21. The summed E-state index contributed by atoms with van der Waals surface area (Å²) in [6, 6.07) is 0. The zero-order chi connectivity index (χ0) is 12.6. The second-order valence-electron chi connectivity index (χ2n) is 3.54. The van der Waals surface area contributed by atoms with Gasteiger partial charge in [-0.1, -0.05) is 0 Å². The van der Waals surface area contributed by atoms with E-state index in [1.165, 1.54) is 7.11 Å². The van der Waals surface area contributed by atoms with Gasteiger partial charge in [-0.05, 0) is 13.3 Å². The van der Waals surface area contributed by atoms with Crippen LogP contribution < -0.4 is 0 Å². The Hall–Kier alpha value is -0.750. The highest BCUT2D eigenvalue weighted by molar-refractivity contribution is 5.76. The fraction of sp³-hybridized carbons (Fsp3) is 0.900. The first-order valence-corrected chi connectivity index (χ1v) is 5.20. The van der Waals surface area contributed by atoms with Crippen molar-refractivity contribution in [2.24, 2.45) is 0 Å². The van der Waals surface area contributed by atoms with Gasteiger partial charge in [0, 0.05) is 20.1 Å². The Morgan fingerprint density at radius 1 is 1.50 bits per heavy atom. The van der Waals surface area contributed by atoms with Crippen LogP contribution in [0, 0.1) is 0 Å². The van der Waals surface area contributed by atoms with E-state index in [4.69, 9.17) is 9.84 Å². The molecule has 0 fully saturated rings. The SMILES string of the molecule is COC(C)CCC(=O)N(CCO)CC(F)F. The number of methoxy groups -OCH3 is 1. The molecule has 0 aliphatic heterocycles. The van der Waals surface area contributed by atoms with Gasteiger partial charge in [-0.3, -0.25) is 4.79 Å². The largest absolute Gasteiger partial charge is 0.395 e. The lowest BCUT2D eigenvalue weighted by Gasteiger charge is -2.21. The van der Waals surface area contributed by atoms with Gasteiger partial charge >= 0.3 is 0 Å². The highest BCUT2D eigenvalue weighted by Gasteiger charge is 2.18. The van der Waals surface area contributed by atoms with Gasteiger partial charge in [0.05, 0.1) is 19.3 Å². The van der Waals surface area contributed by atoms with Crippen LogP contribution in [0.2, 0.25) is 0 Å². The predicted octanol–water partition coefficient (Wildman–Crippen LogP) is 0.887. The first-order chi connectivity index (χ1) is 7.51. The number of rotatable bonds is 8. The Morgan fingerprint density at radius 2 is 2.12 bits per heavy atom. The Labute approximate surface area is 94.2 Å². The lowest BCUT2D eigenvalue weighted by atomic mass is 10.2. The van der Waals surface area contributed by atoms with Gasteiger partial charge in [0.2, 0.25) is 5.91 Å². The van der Waals surface area contributed by atoms with Gasteiger partial charge < -0.3 is 14.7 Å². The van der Waals surface area contributed by atoms with E-state index in [1.54, 1.807) is 6.92 Å². The second kappa shape index (κ2) is 8.41. The van der Waals surface area contributed by atoms with E-state index in [1.807, 2.05) is 0 Å². The summed E-state index contributed by atoms with van der Waals surface area (Å²) in [5, 5.41) is 8.66. The first-order valence-electron chi connectivity index (χ1n) is 5.20. The highest BCUT2D eigenvalue weighted by Crippen LogP contribution is 2.06. The lowest BCUT2D eigenvalue weighted by molar-refractivity contribution is -0.134. The molecule has 1 amide bonds. The van der Waals surface area contributed by atoms with Gasteiger partial charge in [-0.2, -0.15) is 0 Å². The quantitative estimate of drug-likeness (QED) is 0.684. The number of hydrogen-bond donors (Lipinski definition) is 1. The third-order valence-corrected chi connectivity index (χ3v) is 2.25. The Morgan fingerprint density at radius 3 is 2.56 bits per heavy atom. The summed E-state index contributed by atoms with van der Waals surface area (Å²) < 4.78 is 29.2. The van der Waals surface area contributed by atoms with Crippen LogP contribution in [0.3, 0.4) is 0 Å². The molecule has 1 N–H and O–H groups in total. The van der Waals surface area contributed by atoms with Gasteiger partial charge in [-0.15, -0.1) is 0 Å². The number of amides is 1. The van der Waals surface area contributed by atoms with Crippen molar-refractivity contribution < 1.29 is 23.4 Å². The number of carbonyl (C=O) groups excluding carboxylic acids is 1. The molecule has 0 aromatic heterocycles. The molecule has 0 heterocycles. The molecule has 0 aliphatic carbocycles. The molecule has 0 aromatic rings. The van der Waals surface area contributed by atoms with Crippen LogP contribution in [0.25, 0.3) is 0 Å². The molecule has 6 heteroatoms. The minimum absolute atomic E-state index is 0.0511. The molecular formula is C10H19F2NO3. The highest BCUT2D eigenvalue weighted by atomic mass is 19.3. The van der Waals surface area contributed by atoms with Gasteiger partial charge in [0.15, 0.2) is 0 Å². The van der Waals surface area contributed by atoms with E-state index >= 15 is 0 Å². The molecule has 0 rings (SSSR count). The molecule has 0 aliphatic rings. The van der Waals surface area contributed by atoms with Crippen molar-refractivity contribution in [3.8, 4) is 0 Å². The zero-order valence-corrected chi connectivity index (χ0v) is 9.66. The standard InChI is InChI=1S/C10H19F2NO3/c1-8(16-2)3-4-10(15)13(5-6-14)7-9(11)12/h8-9,14H,3-7H2,1-2H3. The molecule has 0 radical (unpaired) electrons. The number of alkyl halides is 2. The second-order valence-corrected chi connectivity index (χ2v) is 3.54. The number of nitrogens with zero attached hydrogens (tertiary/aromatic N) is 1. The molecule has 0 saturated heterocycles. The normalized spacial score (nSPS) is 12.9. The molecule has 96 valence electrons. The molecular weight excluding hydrogens is 220 g/mol. The number of ether oxygens (including phenoxy) is 1. The van der Waals surface area contributed by atoms with Crippen LogP contribution in [0.5, 0.6) is 0 Å². The summed E-state index contributed by atoms with van der Waals surface area (Å²) in [6.07, 6.45) is -2.01. The Bertz CT molecular complexity index is 203. The summed E-state index contributed by atoms with van der Waals surface area (Å²) in [6.45, 7) is 0.820. The maximum Gasteiger partial charge on any atom is 0.255 e. The topological polar surface area (TPSA) is 49.8 Å². The van der Waals surface area contributed by atoms with Crippen molar-refractivity contribution in [1.29, 1.82) is 0 Å². The summed E-state index contributed by atoms with van der Waals surface area (Å²) in [4.78, 5) is 12.5. The Kier molecular flexibility index (Phi) is 8.01. The van der Waals surface area contributed by atoms with E-state index in [2.05, 4.69) is 0 Å². The fourth-order valence-electron chi connectivity index (χ4n) is 1.21. The molecule has 16 heavy (non-hydrogen) atoms. The van der Waals surface area contributed by atoms with Crippen molar-refractivity contribution in [2.75, 3.05) is 26.8 Å². The molecule has 0 aromatic carbocycles. The molecule has 4 nitrogen and oxygen atoms in total. The Balaban J connectivity index is 4.05. The third kappa shape index (κ3) is 6.68. The maximum atomic E-state index is 12.1. The van der Waals surface area contributed by atoms with Crippen LogP contribution in [0.4, 0.5) is 8.78 Å². The van der Waals surface area contributed by atoms with Crippen molar-refractivity contribution in [3.63, 3.8) is 0 Å². The molecule has 1 atom stereocenters. The van der Waals surface area contributed by atoms with E-state index < -0.39 is 13.0 Å². The van der Waals surface area contributed by atoms with Crippen LogP contribution in [-0.2, 0) is 9.53 Å². The number of carbonyl (C=O) groups is 1. The molecule has 1 unspecified atom stereocenters. The van der Waals surface area contributed by atoms with E-state index in [0.717, 1.165) is 4.90 Å². The van der Waals surface area contributed by atoms with E-state index in [0.29, 0.717) is 6.42 Å². The third-order valence-electron chi connectivity index (χ3n) is 2.25. The summed E-state index contributed by atoms with van der Waals surface area (Å²) in [5.41, 5.74) is 0. The van der Waals surface area contributed by atoms with Crippen LogP contribution in [-0.4, -0.2) is 55.2 Å². The number of halogens is 2. The van der Waals surface area contributed by atoms with Crippen molar-refractivity contribution in [2.45, 2.75) is 32.3 Å². The predicted molar refractivity (Wildman–Crippen MR) is 55.4 cm³/mol. The van der Waals surface area contributed by atoms with Crippen LogP contribution in [0.15, 0.2) is 0 Å². The number of hydrogen-bond acceptors (Lipinski definition) is 3. The molecule has 0 saturated carbocycles. The number of aliphatic hydroxyl groups excluding tert-OH is 1. The summed E-state index contributed by atoms with van der Waals surface area (Å²) in [7, 11) is 1.53. The maximum absolute atomic E-state index is 12.1. The van der Waals surface area contributed by atoms with Crippen molar-refractivity contribution >= 4 is 5.91 Å².